The molecule has 4 aromatic carbocycles. The van der Waals surface area contributed by atoms with E-state index in [0.29, 0.717) is 49.6 Å². The van der Waals surface area contributed by atoms with Crippen molar-refractivity contribution in [1.82, 2.24) is 0 Å². The van der Waals surface area contributed by atoms with E-state index in [0.717, 1.165) is 0 Å². The molecule has 6 aromatic rings. The fourth-order valence-electron chi connectivity index (χ4n) is 3.75. The largest absolute Gasteiger partial charge is 0.508 e. The first-order chi connectivity index (χ1) is 17.0. The van der Waals surface area contributed by atoms with E-state index in [4.69, 9.17) is 13.6 Å². The van der Waals surface area contributed by atoms with Gasteiger partial charge in [0.15, 0.2) is 0 Å². The number of aromatic hydroxyl groups is 1. The fraction of sp³-hybridized carbons (Fsp3) is 0.0345. The van der Waals surface area contributed by atoms with Crippen LogP contribution in [-0.4, -0.2) is 5.11 Å². The Labute approximate surface area is 198 Å². The quantitative estimate of drug-likeness (QED) is 0.240. The molecule has 0 aliphatic rings. The summed E-state index contributed by atoms with van der Waals surface area (Å²) in [6, 6.07) is 23.9. The molecule has 170 valence electrons. The van der Waals surface area contributed by atoms with Crippen molar-refractivity contribution in [2.45, 2.75) is 6.92 Å². The summed E-state index contributed by atoms with van der Waals surface area (Å²) in [4.78, 5) is 24.4. The molecule has 0 unspecified atom stereocenters. The van der Waals surface area contributed by atoms with Crippen molar-refractivity contribution in [2.75, 3.05) is 0 Å². The van der Waals surface area contributed by atoms with Crippen molar-refractivity contribution in [2.24, 2.45) is 0 Å². The Hall–Kier alpha value is -5.02. The van der Waals surface area contributed by atoms with Crippen LogP contribution in [-0.2, 0) is 0 Å². The molecule has 0 atom stereocenters. The van der Waals surface area contributed by atoms with E-state index in [9.17, 15) is 14.7 Å². The van der Waals surface area contributed by atoms with Crippen LogP contribution in [0.3, 0.4) is 0 Å². The third-order valence-corrected chi connectivity index (χ3v) is 5.38. The number of hydrogen-bond acceptors (Lipinski definition) is 6. The highest BCUT2D eigenvalue weighted by Gasteiger charge is 2.08. The average molecular weight is 462 g/mol. The van der Waals surface area contributed by atoms with Crippen LogP contribution in [0.2, 0.25) is 0 Å². The van der Waals surface area contributed by atoms with Gasteiger partial charge in [-0.1, -0.05) is 30.2 Å². The van der Waals surface area contributed by atoms with Gasteiger partial charge in [-0.05, 0) is 60.7 Å². The van der Waals surface area contributed by atoms with Crippen LogP contribution in [0, 0.1) is 12.0 Å². The summed E-state index contributed by atoms with van der Waals surface area (Å²) < 4.78 is 16.5. The first kappa shape index (κ1) is 21.8. The molecule has 1 N–H and O–H groups in total. The predicted molar refractivity (Wildman–Crippen MR) is 136 cm³/mol. The molecule has 35 heavy (non-hydrogen) atoms. The van der Waals surface area contributed by atoms with Crippen molar-refractivity contribution in [1.29, 1.82) is 0 Å². The van der Waals surface area contributed by atoms with Gasteiger partial charge in [-0.3, -0.25) is 9.59 Å². The Morgan fingerprint density at radius 1 is 0.657 bits per heavy atom. The highest BCUT2D eigenvalue weighted by molar-refractivity contribution is 5.91. The number of rotatable bonds is 1. The van der Waals surface area contributed by atoms with Crippen LogP contribution in [0.1, 0.15) is 6.92 Å². The van der Waals surface area contributed by atoms with Gasteiger partial charge in [-0.2, -0.15) is 0 Å². The molecule has 0 aliphatic carbocycles. The molecule has 0 saturated carbocycles. The van der Waals surface area contributed by atoms with Gasteiger partial charge in [0.1, 0.15) is 39.9 Å². The summed E-state index contributed by atoms with van der Waals surface area (Å²) in [5.74, 6) is 3.23. The van der Waals surface area contributed by atoms with Gasteiger partial charge in [0, 0.05) is 6.92 Å². The maximum atomic E-state index is 12.4. The van der Waals surface area contributed by atoms with Gasteiger partial charge in [0.05, 0.1) is 21.5 Å². The van der Waals surface area contributed by atoms with Crippen LogP contribution in [0.5, 0.6) is 11.5 Å². The summed E-state index contributed by atoms with van der Waals surface area (Å²) in [6.45, 7) is 1.68. The Kier molecular flexibility index (Phi) is 5.66. The number of ether oxygens (including phenoxy) is 1. The number of fused-ring (bicyclic) bond motifs is 4. The van der Waals surface area contributed by atoms with Crippen molar-refractivity contribution >= 4 is 43.9 Å². The lowest BCUT2D eigenvalue weighted by Crippen LogP contribution is -2.01. The molecule has 6 nitrogen and oxygen atoms in total. The van der Waals surface area contributed by atoms with Crippen molar-refractivity contribution in [3.05, 3.63) is 105 Å². The minimum atomic E-state index is -0.118. The summed E-state index contributed by atoms with van der Waals surface area (Å²) in [5, 5.41) is 11.3. The molecule has 0 amide bonds. The van der Waals surface area contributed by atoms with E-state index in [1.54, 1.807) is 61.5 Å². The standard InChI is InChI=1S/C16H10O3.C13H8O3/c1-2-9-18-11-7-8-15-13(10-11)16(17)12-5-3-4-6-14(12)19-15;14-8-5-6-12-10(7-8)13(15)9-3-1-2-4-11(9)16-12/h3-8,10H,1H3;1-7,14H. The minimum Gasteiger partial charge on any atom is -0.508 e. The summed E-state index contributed by atoms with van der Waals surface area (Å²) in [5.41, 5.74) is 1.99. The molecule has 6 heteroatoms. The summed E-state index contributed by atoms with van der Waals surface area (Å²) >= 11 is 0. The van der Waals surface area contributed by atoms with Gasteiger partial charge < -0.3 is 18.7 Å². The van der Waals surface area contributed by atoms with Crippen LogP contribution < -0.4 is 15.6 Å². The maximum Gasteiger partial charge on any atom is 0.200 e. The number of para-hydroxylation sites is 2. The second-order valence-corrected chi connectivity index (χ2v) is 7.65. The topological polar surface area (TPSA) is 89.9 Å². The molecule has 2 aromatic heterocycles. The Morgan fingerprint density at radius 2 is 1.17 bits per heavy atom. The monoisotopic (exact) mass is 462 g/mol. The molecule has 0 fully saturated rings. The average Bonchev–Trinajstić information content (AvgIpc) is 2.89. The molecule has 6 rings (SSSR count). The zero-order valence-corrected chi connectivity index (χ0v) is 18.6. The van der Waals surface area contributed by atoms with Crippen molar-refractivity contribution in [3.8, 4) is 23.5 Å². The molecule has 2 heterocycles. The maximum absolute atomic E-state index is 12.4. The number of hydrogen-bond donors (Lipinski definition) is 1. The molecule has 0 spiro atoms. The lowest BCUT2D eigenvalue weighted by Gasteiger charge is -2.02. The van der Waals surface area contributed by atoms with Crippen LogP contribution in [0.4, 0.5) is 0 Å². The molecule has 0 aliphatic heterocycles. The zero-order valence-electron chi connectivity index (χ0n) is 18.6. The fourth-order valence-corrected chi connectivity index (χ4v) is 3.75. The van der Waals surface area contributed by atoms with E-state index in [1.165, 1.54) is 12.1 Å². The number of benzene rings is 4. The third kappa shape index (κ3) is 4.19. The van der Waals surface area contributed by atoms with Crippen molar-refractivity contribution in [3.63, 3.8) is 0 Å². The normalized spacial score (nSPS) is 10.5. The first-order valence-electron chi connectivity index (χ1n) is 10.7. The Bertz CT molecular complexity index is 1900. The van der Waals surface area contributed by atoms with Gasteiger partial charge in [-0.25, -0.2) is 0 Å². The third-order valence-electron chi connectivity index (χ3n) is 5.38. The first-order valence-corrected chi connectivity index (χ1v) is 10.7. The number of phenols is 1. The molecular formula is C29H18O6. The summed E-state index contributed by atoms with van der Waals surface area (Å²) in [7, 11) is 0. The molecule has 0 bridgehead atoms. The van der Waals surface area contributed by atoms with Gasteiger partial charge in [-0.15, -0.1) is 0 Å². The SMILES string of the molecule is CC#COc1ccc2oc3ccccc3c(=O)c2c1.O=c1c2ccccc2oc2ccc(O)cc12. The molecule has 0 radical (unpaired) electrons. The van der Waals surface area contributed by atoms with E-state index in [-0.39, 0.29) is 16.6 Å². The molecular weight excluding hydrogens is 444 g/mol. The predicted octanol–water partition coefficient (Wildman–Crippen LogP) is 5.96. The van der Waals surface area contributed by atoms with E-state index in [2.05, 4.69) is 12.0 Å². The van der Waals surface area contributed by atoms with Crippen molar-refractivity contribution < 1.29 is 18.7 Å². The van der Waals surface area contributed by atoms with Crippen LogP contribution in [0.15, 0.2) is 103 Å². The molecule has 0 saturated heterocycles. The van der Waals surface area contributed by atoms with E-state index in [1.807, 2.05) is 18.2 Å². The van der Waals surface area contributed by atoms with Gasteiger partial charge in [0.25, 0.3) is 0 Å². The van der Waals surface area contributed by atoms with Gasteiger partial charge in [0.2, 0.25) is 10.9 Å². The lowest BCUT2D eigenvalue weighted by molar-refractivity contribution is 0.475. The Balaban J connectivity index is 0.000000147. The lowest BCUT2D eigenvalue weighted by atomic mass is 10.1. The highest BCUT2D eigenvalue weighted by Crippen LogP contribution is 2.23. The van der Waals surface area contributed by atoms with Crippen LogP contribution >= 0.6 is 0 Å². The second kappa shape index (κ2) is 9.08. The zero-order chi connectivity index (χ0) is 24.4. The summed E-state index contributed by atoms with van der Waals surface area (Å²) in [6.07, 6.45) is 2.50. The van der Waals surface area contributed by atoms with E-state index >= 15 is 0 Å². The second-order valence-electron chi connectivity index (χ2n) is 7.65. The minimum absolute atomic E-state index is 0.0632. The van der Waals surface area contributed by atoms with Crippen LogP contribution in [0.25, 0.3) is 43.9 Å². The Morgan fingerprint density at radius 3 is 1.77 bits per heavy atom. The number of phenolic OH excluding ortho intramolecular Hbond substituents is 1. The van der Waals surface area contributed by atoms with E-state index < -0.39 is 0 Å². The smallest absolute Gasteiger partial charge is 0.200 e. The highest BCUT2D eigenvalue weighted by atomic mass is 16.5. The van der Waals surface area contributed by atoms with Gasteiger partial charge >= 0.3 is 0 Å².